The highest BCUT2D eigenvalue weighted by Gasteiger charge is 2.15. The number of amides is 2. The molecule has 0 unspecified atom stereocenters. The van der Waals surface area contributed by atoms with Gasteiger partial charge in [0, 0.05) is 0 Å². The molecule has 3 aromatic carbocycles. The van der Waals surface area contributed by atoms with E-state index in [0.29, 0.717) is 17.1 Å². The second-order valence-electron chi connectivity index (χ2n) is 6.23. The number of hydrogen-bond donors (Lipinski definition) is 2. The number of nitrogens with zero attached hydrogens (tertiary/aromatic N) is 1. The third-order valence-corrected chi connectivity index (χ3v) is 4.08. The van der Waals surface area contributed by atoms with E-state index < -0.39 is 17.9 Å². The van der Waals surface area contributed by atoms with Crippen molar-refractivity contribution in [3.63, 3.8) is 0 Å². The molecule has 1 atom stereocenters. The Morgan fingerprint density at radius 1 is 0.966 bits per heavy atom. The average molecular weight is 389 g/mol. The number of rotatable bonds is 6. The minimum Gasteiger partial charge on any atom is -0.484 e. The second-order valence-corrected chi connectivity index (χ2v) is 6.23. The van der Waals surface area contributed by atoms with Gasteiger partial charge in [0.25, 0.3) is 11.8 Å². The largest absolute Gasteiger partial charge is 0.484 e. The molecule has 0 aromatic heterocycles. The summed E-state index contributed by atoms with van der Waals surface area (Å²) in [4.78, 5) is 24.0. The van der Waals surface area contributed by atoms with E-state index in [1.807, 2.05) is 42.5 Å². The molecule has 0 saturated carbocycles. The molecule has 0 aliphatic heterocycles. The van der Waals surface area contributed by atoms with Crippen molar-refractivity contribution in [2.24, 2.45) is 0 Å². The van der Waals surface area contributed by atoms with Gasteiger partial charge < -0.3 is 9.47 Å². The van der Waals surface area contributed by atoms with E-state index in [2.05, 4.69) is 10.9 Å². The van der Waals surface area contributed by atoms with Gasteiger partial charge in [0.2, 0.25) is 0 Å². The molecule has 0 aliphatic carbocycles. The number of ether oxygens (including phenoxy) is 2. The molecule has 0 saturated heterocycles. The van der Waals surface area contributed by atoms with Gasteiger partial charge in [-0.1, -0.05) is 30.3 Å². The Morgan fingerprint density at radius 3 is 2.38 bits per heavy atom. The van der Waals surface area contributed by atoms with Gasteiger partial charge in [0.15, 0.2) is 12.7 Å². The summed E-state index contributed by atoms with van der Waals surface area (Å²) in [5, 5.41) is 10.8. The first kappa shape index (κ1) is 19.7. The molecule has 0 radical (unpaired) electrons. The highest BCUT2D eigenvalue weighted by Crippen LogP contribution is 2.21. The summed E-state index contributed by atoms with van der Waals surface area (Å²) < 4.78 is 10.9. The number of fused-ring (bicyclic) bond motifs is 1. The van der Waals surface area contributed by atoms with Gasteiger partial charge in [0.1, 0.15) is 11.5 Å². The first-order valence-electron chi connectivity index (χ1n) is 8.92. The molecule has 3 aromatic rings. The number of nitriles is 1. The number of carbonyl (C=O) groups is 2. The van der Waals surface area contributed by atoms with Crippen LogP contribution >= 0.6 is 0 Å². The van der Waals surface area contributed by atoms with Crippen LogP contribution in [0.4, 0.5) is 0 Å². The topological polar surface area (TPSA) is 100 Å². The zero-order valence-electron chi connectivity index (χ0n) is 15.7. The summed E-state index contributed by atoms with van der Waals surface area (Å²) >= 11 is 0. The Bertz CT molecular complexity index is 1060. The predicted molar refractivity (Wildman–Crippen MR) is 107 cm³/mol. The van der Waals surface area contributed by atoms with Gasteiger partial charge in [-0.15, -0.1) is 0 Å². The van der Waals surface area contributed by atoms with Crippen LogP contribution in [0.2, 0.25) is 0 Å². The van der Waals surface area contributed by atoms with Crippen LogP contribution in [0.5, 0.6) is 11.5 Å². The molecule has 3 rings (SSSR count). The lowest BCUT2D eigenvalue weighted by molar-refractivity contribution is -0.133. The molecule has 7 nitrogen and oxygen atoms in total. The van der Waals surface area contributed by atoms with Crippen LogP contribution in [0.1, 0.15) is 12.5 Å². The van der Waals surface area contributed by atoms with Crippen molar-refractivity contribution in [1.82, 2.24) is 10.9 Å². The monoisotopic (exact) mass is 389 g/mol. The van der Waals surface area contributed by atoms with E-state index >= 15 is 0 Å². The Hall–Kier alpha value is -4.05. The molecule has 2 amide bonds. The number of benzene rings is 3. The van der Waals surface area contributed by atoms with Crippen LogP contribution < -0.4 is 20.3 Å². The zero-order valence-corrected chi connectivity index (χ0v) is 15.7. The lowest BCUT2D eigenvalue weighted by Crippen LogP contribution is -2.48. The average Bonchev–Trinajstić information content (AvgIpc) is 2.76. The molecule has 29 heavy (non-hydrogen) atoms. The summed E-state index contributed by atoms with van der Waals surface area (Å²) in [6.07, 6.45) is -0.809. The van der Waals surface area contributed by atoms with E-state index in [9.17, 15) is 9.59 Å². The van der Waals surface area contributed by atoms with Crippen molar-refractivity contribution < 1.29 is 19.1 Å². The van der Waals surface area contributed by atoms with Crippen molar-refractivity contribution >= 4 is 22.6 Å². The second kappa shape index (κ2) is 9.24. The quantitative estimate of drug-likeness (QED) is 0.632. The van der Waals surface area contributed by atoms with E-state index in [-0.39, 0.29) is 6.61 Å². The lowest BCUT2D eigenvalue weighted by atomic mass is 10.1. The van der Waals surface area contributed by atoms with Crippen molar-refractivity contribution in [3.8, 4) is 17.6 Å². The minimum absolute atomic E-state index is 0.286. The molecule has 0 fully saturated rings. The number of hydrazine groups is 1. The number of hydrogen-bond acceptors (Lipinski definition) is 5. The maximum atomic E-state index is 12.1. The molecule has 0 spiro atoms. The number of nitrogens with one attached hydrogen (secondary N) is 2. The highest BCUT2D eigenvalue weighted by atomic mass is 16.5. The lowest BCUT2D eigenvalue weighted by Gasteiger charge is -2.15. The molecule has 0 bridgehead atoms. The van der Waals surface area contributed by atoms with Crippen molar-refractivity contribution in [3.05, 3.63) is 72.3 Å². The van der Waals surface area contributed by atoms with Gasteiger partial charge in [-0.2, -0.15) is 5.26 Å². The van der Waals surface area contributed by atoms with Gasteiger partial charge in [0.05, 0.1) is 11.6 Å². The molecule has 7 heteroatoms. The van der Waals surface area contributed by atoms with E-state index in [1.54, 1.807) is 37.3 Å². The van der Waals surface area contributed by atoms with Crippen LogP contribution in [-0.4, -0.2) is 24.5 Å². The van der Waals surface area contributed by atoms with Crippen molar-refractivity contribution in [2.45, 2.75) is 13.0 Å². The summed E-state index contributed by atoms with van der Waals surface area (Å²) in [5.74, 6) is -0.0224. The SMILES string of the molecule is C[C@H](Oc1ccc2ccccc2c1)C(=O)NNC(=O)COc1ccc(C#N)cc1. The Balaban J connectivity index is 1.44. The number of carbonyl (C=O) groups excluding carboxylic acids is 2. The smallest absolute Gasteiger partial charge is 0.279 e. The van der Waals surface area contributed by atoms with Crippen LogP contribution in [0.15, 0.2) is 66.7 Å². The van der Waals surface area contributed by atoms with Gasteiger partial charge in [-0.05, 0) is 54.1 Å². The van der Waals surface area contributed by atoms with Gasteiger partial charge in [-0.3, -0.25) is 20.4 Å². The maximum absolute atomic E-state index is 12.1. The minimum atomic E-state index is -0.809. The Kier molecular flexibility index (Phi) is 6.28. The first-order chi connectivity index (χ1) is 14.0. The van der Waals surface area contributed by atoms with Crippen LogP contribution in [-0.2, 0) is 9.59 Å². The Morgan fingerprint density at radius 2 is 1.66 bits per heavy atom. The summed E-state index contributed by atoms with van der Waals surface area (Å²) in [7, 11) is 0. The third-order valence-electron chi connectivity index (χ3n) is 4.08. The zero-order chi connectivity index (χ0) is 20.6. The molecular weight excluding hydrogens is 370 g/mol. The summed E-state index contributed by atoms with van der Waals surface area (Å²) in [6.45, 7) is 1.30. The predicted octanol–water partition coefficient (Wildman–Crippen LogP) is 2.71. The van der Waals surface area contributed by atoms with Crippen LogP contribution in [0.3, 0.4) is 0 Å². The van der Waals surface area contributed by atoms with Crippen molar-refractivity contribution in [1.29, 1.82) is 5.26 Å². The van der Waals surface area contributed by atoms with E-state index in [0.717, 1.165) is 10.8 Å². The van der Waals surface area contributed by atoms with Crippen molar-refractivity contribution in [2.75, 3.05) is 6.61 Å². The van der Waals surface area contributed by atoms with Crippen LogP contribution in [0, 0.1) is 11.3 Å². The molecule has 0 aliphatic rings. The Labute approximate surface area is 167 Å². The van der Waals surface area contributed by atoms with E-state index in [4.69, 9.17) is 14.7 Å². The third kappa shape index (κ3) is 5.47. The maximum Gasteiger partial charge on any atom is 0.279 e. The van der Waals surface area contributed by atoms with Gasteiger partial charge in [-0.25, -0.2) is 0 Å². The molecular formula is C22H19N3O4. The summed E-state index contributed by atoms with van der Waals surface area (Å²) in [6, 6.07) is 21.7. The fourth-order valence-corrected chi connectivity index (χ4v) is 2.54. The fourth-order valence-electron chi connectivity index (χ4n) is 2.54. The van der Waals surface area contributed by atoms with Crippen LogP contribution in [0.25, 0.3) is 10.8 Å². The molecule has 2 N–H and O–H groups in total. The molecule has 0 heterocycles. The van der Waals surface area contributed by atoms with E-state index in [1.165, 1.54) is 0 Å². The normalized spacial score (nSPS) is 11.2. The first-order valence-corrected chi connectivity index (χ1v) is 8.92. The summed E-state index contributed by atoms with van der Waals surface area (Å²) in [5.41, 5.74) is 5.08. The van der Waals surface area contributed by atoms with Gasteiger partial charge >= 0.3 is 0 Å². The highest BCUT2D eigenvalue weighted by molar-refractivity contribution is 5.86. The molecule has 146 valence electrons. The standard InChI is InChI=1S/C22H19N3O4/c1-15(29-20-11-8-17-4-2-3-5-18(17)12-20)22(27)25-24-21(26)14-28-19-9-6-16(13-23)7-10-19/h2-12,15H,14H2,1H3,(H,24,26)(H,25,27)/t15-/m0/s1. The fraction of sp³-hybridized carbons (Fsp3) is 0.136.